The number of likely N-dealkylation sites (N-methyl/N-ethyl adjacent to an activating group) is 1. The van der Waals surface area contributed by atoms with Crippen LogP contribution >= 0.6 is 0 Å². The van der Waals surface area contributed by atoms with Crippen LogP contribution in [0.3, 0.4) is 0 Å². The Balaban J connectivity index is 1.96. The summed E-state index contributed by atoms with van der Waals surface area (Å²) in [6, 6.07) is 0.714. The van der Waals surface area contributed by atoms with Crippen LogP contribution in [0.15, 0.2) is 0 Å². The summed E-state index contributed by atoms with van der Waals surface area (Å²) in [7, 11) is 2.33. The summed E-state index contributed by atoms with van der Waals surface area (Å²) in [6.07, 6.45) is 6.96. The molecule has 2 rings (SSSR count). The number of rotatable bonds is 2. The van der Waals surface area contributed by atoms with Crippen LogP contribution in [-0.4, -0.2) is 36.6 Å². The van der Waals surface area contributed by atoms with Crippen molar-refractivity contribution in [3.8, 4) is 0 Å². The van der Waals surface area contributed by atoms with Crippen LogP contribution in [0.2, 0.25) is 0 Å². The summed E-state index contributed by atoms with van der Waals surface area (Å²) in [5.41, 5.74) is 0.518. The smallest absolute Gasteiger partial charge is 0.0331 e. The van der Waals surface area contributed by atoms with Crippen molar-refractivity contribution in [2.24, 2.45) is 5.92 Å². The Bertz CT molecular complexity index is 209. The van der Waals surface area contributed by atoms with Gasteiger partial charge in [-0.25, -0.2) is 0 Å². The minimum Gasteiger partial charge on any atom is -0.311 e. The van der Waals surface area contributed by atoms with Crippen molar-refractivity contribution in [1.29, 1.82) is 0 Å². The second-order valence-electron chi connectivity index (χ2n) is 5.68. The first-order valence-corrected chi connectivity index (χ1v) is 6.62. The van der Waals surface area contributed by atoms with Crippen LogP contribution in [0.25, 0.3) is 0 Å². The Kier molecular flexibility index (Phi) is 3.36. The molecule has 1 saturated carbocycles. The quantitative estimate of drug-likeness (QED) is 0.752. The number of nitrogens with zero attached hydrogens (tertiary/aromatic N) is 1. The van der Waals surface area contributed by atoms with E-state index in [1.54, 1.807) is 0 Å². The topological polar surface area (TPSA) is 15.3 Å². The SMILES string of the molecule is CCC(C)C1CN(C)C2(CCCC2)CN1. The average molecular weight is 210 g/mol. The highest BCUT2D eigenvalue weighted by Crippen LogP contribution is 2.36. The molecule has 0 radical (unpaired) electrons. The van der Waals surface area contributed by atoms with E-state index in [0.29, 0.717) is 11.6 Å². The minimum absolute atomic E-state index is 0.518. The Labute approximate surface area is 94.4 Å². The highest BCUT2D eigenvalue weighted by Gasteiger charge is 2.42. The first-order chi connectivity index (χ1) is 7.18. The third kappa shape index (κ3) is 2.07. The molecule has 88 valence electrons. The first-order valence-electron chi connectivity index (χ1n) is 6.62. The summed E-state index contributed by atoms with van der Waals surface area (Å²) in [4.78, 5) is 2.65. The first kappa shape index (κ1) is 11.4. The van der Waals surface area contributed by atoms with Gasteiger partial charge in [-0.05, 0) is 25.8 Å². The Morgan fingerprint density at radius 1 is 1.40 bits per heavy atom. The lowest BCUT2D eigenvalue weighted by Crippen LogP contribution is -2.63. The van der Waals surface area contributed by atoms with Gasteiger partial charge in [0, 0.05) is 24.7 Å². The van der Waals surface area contributed by atoms with E-state index in [4.69, 9.17) is 0 Å². The normalized spacial score (nSPS) is 33.4. The van der Waals surface area contributed by atoms with Crippen molar-refractivity contribution in [2.45, 2.75) is 57.5 Å². The van der Waals surface area contributed by atoms with E-state index in [2.05, 4.69) is 31.1 Å². The van der Waals surface area contributed by atoms with Crippen LogP contribution in [0.5, 0.6) is 0 Å². The van der Waals surface area contributed by atoms with E-state index in [-0.39, 0.29) is 0 Å². The molecule has 2 heteroatoms. The fourth-order valence-corrected chi connectivity index (χ4v) is 3.27. The zero-order chi connectivity index (χ0) is 10.9. The van der Waals surface area contributed by atoms with Gasteiger partial charge in [-0.15, -0.1) is 0 Å². The molecular formula is C13H26N2. The molecule has 0 aromatic rings. The van der Waals surface area contributed by atoms with Gasteiger partial charge >= 0.3 is 0 Å². The third-order valence-electron chi connectivity index (χ3n) is 4.84. The van der Waals surface area contributed by atoms with Gasteiger partial charge < -0.3 is 5.32 Å². The van der Waals surface area contributed by atoms with Crippen LogP contribution in [0.4, 0.5) is 0 Å². The highest BCUT2D eigenvalue weighted by atomic mass is 15.3. The maximum Gasteiger partial charge on any atom is 0.0331 e. The zero-order valence-electron chi connectivity index (χ0n) is 10.6. The van der Waals surface area contributed by atoms with Gasteiger partial charge in [0.05, 0.1) is 0 Å². The van der Waals surface area contributed by atoms with E-state index in [1.165, 1.54) is 45.2 Å². The molecule has 0 amide bonds. The van der Waals surface area contributed by atoms with Gasteiger partial charge in [0.1, 0.15) is 0 Å². The second-order valence-corrected chi connectivity index (χ2v) is 5.68. The maximum atomic E-state index is 3.79. The van der Waals surface area contributed by atoms with E-state index in [9.17, 15) is 0 Å². The summed E-state index contributed by atoms with van der Waals surface area (Å²) >= 11 is 0. The zero-order valence-corrected chi connectivity index (χ0v) is 10.6. The fraction of sp³-hybridized carbons (Fsp3) is 1.00. The van der Waals surface area contributed by atoms with Crippen molar-refractivity contribution in [2.75, 3.05) is 20.1 Å². The largest absolute Gasteiger partial charge is 0.311 e. The molecule has 1 heterocycles. The molecule has 2 aliphatic rings. The van der Waals surface area contributed by atoms with Crippen molar-refractivity contribution in [1.82, 2.24) is 10.2 Å². The van der Waals surface area contributed by atoms with Gasteiger partial charge in [0.2, 0.25) is 0 Å². The average Bonchev–Trinajstić information content (AvgIpc) is 2.71. The molecule has 1 spiro atoms. The number of hydrogen-bond acceptors (Lipinski definition) is 2. The molecule has 0 bridgehead atoms. The second kappa shape index (κ2) is 4.42. The van der Waals surface area contributed by atoms with Gasteiger partial charge in [0.25, 0.3) is 0 Å². The molecule has 2 fully saturated rings. The standard InChI is InChI=1S/C13H26N2/c1-4-11(2)12-9-15(3)13(10-14-12)7-5-6-8-13/h11-12,14H,4-10H2,1-3H3. The molecule has 1 saturated heterocycles. The molecule has 2 atom stereocenters. The number of nitrogens with one attached hydrogen (secondary N) is 1. The van der Waals surface area contributed by atoms with E-state index >= 15 is 0 Å². The molecule has 2 unspecified atom stereocenters. The summed E-state index contributed by atoms with van der Waals surface area (Å²) in [5.74, 6) is 0.811. The monoisotopic (exact) mass is 210 g/mol. The van der Waals surface area contributed by atoms with E-state index in [0.717, 1.165) is 5.92 Å². The van der Waals surface area contributed by atoms with Crippen molar-refractivity contribution >= 4 is 0 Å². The third-order valence-corrected chi connectivity index (χ3v) is 4.84. The van der Waals surface area contributed by atoms with Gasteiger partial charge in [0.15, 0.2) is 0 Å². The van der Waals surface area contributed by atoms with Crippen molar-refractivity contribution in [3.63, 3.8) is 0 Å². The predicted molar refractivity (Wildman–Crippen MR) is 65.1 cm³/mol. The molecule has 2 nitrogen and oxygen atoms in total. The van der Waals surface area contributed by atoms with Crippen LogP contribution in [-0.2, 0) is 0 Å². The molecule has 1 aliphatic carbocycles. The lowest BCUT2D eigenvalue weighted by atomic mass is 9.88. The van der Waals surface area contributed by atoms with Crippen molar-refractivity contribution < 1.29 is 0 Å². The molecule has 0 aromatic heterocycles. The van der Waals surface area contributed by atoms with Gasteiger partial charge in [-0.1, -0.05) is 33.1 Å². The Morgan fingerprint density at radius 3 is 2.60 bits per heavy atom. The van der Waals surface area contributed by atoms with Gasteiger partial charge in [-0.2, -0.15) is 0 Å². The summed E-state index contributed by atoms with van der Waals surface area (Å²) < 4.78 is 0. The molecule has 15 heavy (non-hydrogen) atoms. The van der Waals surface area contributed by atoms with E-state index in [1.807, 2.05) is 0 Å². The van der Waals surface area contributed by atoms with E-state index < -0.39 is 0 Å². The van der Waals surface area contributed by atoms with Gasteiger partial charge in [-0.3, -0.25) is 4.90 Å². The number of hydrogen-bond donors (Lipinski definition) is 1. The minimum atomic E-state index is 0.518. The molecule has 0 aromatic carbocycles. The summed E-state index contributed by atoms with van der Waals surface area (Å²) in [6.45, 7) is 7.14. The summed E-state index contributed by atoms with van der Waals surface area (Å²) in [5, 5.41) is 3.79. The van der Waals surface area contributed by atoms with Crippen LogP contribution in [0, 0.1) is 5.92 Å². The maximum absolute atomic E-state index is 3.79. The molecular weight excluding hydrogens is 184 g/mol. The Hall–Kier alpha value is -0.0800. The van der Waals surface area contributed by atoms with Crippen LogP contribution in [0.1, 0.15) is 46.0 Å². The van der Waals surface area contributed by atoms with Crippen LogP contribution < -0.4 is 5.32 Å². The number of piperazine rings is 1. The highest BCUT2D eigenvalue weighted by molar-refractivity contribution is 5.01. The molecule has 1 N–H and O–H groups in total. The predicted octanol–water partition coefficient (Wildman–Crippen LogP) is 2.25. The fourth-order valence-electron chi connectivity index (χ4n) is 3.27. The lowest BCUT2D eigenvalue weighted by Gasteiger charge is -2.47. The Morgan fingerprint density at radius 2 is 2.07 bits per heavy atom. The van der Waals surface area contributed by atoms with Crippen molar-refractivity contribution in [3.05, 3.63) is 0 Å². The lowest BCUT2D eigenvalue weighted by molar-refractivity contribution is 0.0548. The molecule has 1 aliphatic heterocycles.